The first kappa shape index (κ1) is 14.7. The number of hydrogen-bond donors (Lipinski definition) is 1. The number of alkyl halides is 1. The maximum absolute atomic E-state index is 11.8. The Balaban J connectivity index is 2.65. The lowest BCUT2D eigenvalue weighted by molar-refractivity contribution is -0.391. The molecular weight excluding hydrogens is 302 g/mol. The fraction of sp³-hybridized carbons (Fsp3) is 0.545. The summed E-state index contributed by atoms with van der Waals surface area (Å²) < 4.78 is 1.28. The van der Waals surface area contributed by atoms with Crippen molar-refractivity contribution in [2.75, 3.05) is 6.54 Å². The highest BCUT2D eigenvalue weighted by Crippen LogP contribution is 2.15. The van der Waals surface area contributed by atoms with Crippen LogP contribution in [-0.2, 0) is 7.05 Å². The summed E-state index contributed by atoms with van der Waals surface area (Å²) in [6.07, 6.45) is 2.00. The molecule has 6 nitrogen and oxygen atoms in total. The van der Waals surface area contributed by atoms with Crippen molar-refractivity contribution in [1.29, 1.82) is 0 Å². The zero-order valence-corrected chi connectivity index (χ0v) is 11.9. The van der Waals surface area contributed by atoms with E-state index in [4.69, 9.17) is 0 Å². The molecule has 18 heavy (non-hydrogen) atoms. The molecule has 1 N–H and O–H groups in total. The predicted molar refractivity (Wildman–Crippen MR) is 72.0 cm³/mol. The minimum absolute atomic E-state index is 0.0934. The Kier molecular flexibility index (Phi) is 5.33. The second kappa shape index (κ2) is 6.53. The fourth-order valence-corrected chi connectivity index (χ4v) is 2.24. The van der Waals surface area contributed by atoms with E-state index in [2.05, 4.69) is 28.2 Å². The summed E-state index contributed by atoms with van der Waals surface area (Å²) in [5, 5.41) is 13.4. The van der Waals surface area contributed by atoms with Crippen LogP contribution in [0.4, 0.5) is 5.82 Å². The van der Waals surface area contributed by atoms with E-state index in [1.54, 1.807) is 0 Å². The van der Waals surface area contributed by atoms with Crippen molar-refractivity contribution in [3.63, 3.8) is 0 Å². The molecule has 0 aliphatic heterocycles. The van der Waals surface area contributed by atoms with Crippen LogP contribution in [0.15, 0.2) is 12.1 Å². The number of hydrogen-bond acceptors (Lipinski definition) is 3. The van der Waals surface area contributed by atoms with E-state index >= 15 is 0 Å². The molecule has 0 bridgehead atoms. The van der Waals surface area contributed by atoms with Crippen molar-refractivity contribution in [2.24, 2.45) is 7.05 Å². The average Bonchev–Trinajstić information content (AvgIpc) is 2.68. The highest BCUT2D eigenvalue weighted by molar-refractivity contribution is 9.09. The molecule has 1 amide bonds. The molecule has 1 aromatic rings. The smallest absolute Gasteiger partial charge is 0.323 e. The summed E-state index contributed by atoms with van der Waals surface area (Å²) in [7, 11) is 1.50. The predicted octanol–water partition coefficient (Wildman–Crippen LogP) is 2.23. The zero-order chi connectivity index (χ0) is 13.7. The van der Waals surface area contributed by atoms with Gasteiger partial charge in [-0.15, -0.1) is 0 Å². The van der Waals surface area contributed by atoms with Crippen molar-refractivity contribution in [3.05, 3.63) is 27.9 Å². The third kappa shape index (κ3) is 3.56. The Morgan fingerprint density at radius 1 is 1.61 bits per heavy atom. The quantitative estimate of drug-likeness (QED) is 0.496. The summed E-state index contributed by atoms with van der Waals surface area (Å²) in [5.41, 5.74) is 0.290. The third-order valence-electron chi connectivity index (χ3n) is 2.60. The van der Waals surface area contributed by atoms with Crippen LogP contribution >= 0.6 is 15.9 Å². The number of rotatable bonds is 6. The third-order valence-corrected chi connectivity index (χ3v) is 3.38. The summed E-state index contributed by atoms with van der Waals surface area (Å²) in [6.45, 7) is 2.57. The van der Waals surface area contributed by atoms with Gasteiger partial charge in [0, 0.05) is 17.4 Å². The molecular formula is C11H16BrN3O3. The number of halogens is 1. The van der Waals surface area contributed by atoms with Gasteiger partial charge in [0.05, 0.1) is 7.05 Å². The van der Waals surface area contributed by atoms with Crippen molar-refractivity contribution in [2.45, 2.75) is 24.6 Å². The van der Waals surface area contributed by atoms with Crippen LogP contribution in [0.25, 0.3) is 0 Å². The van der Waals surface area contributed by atoms with Gasteiger partial charge in [-0.3, -0.25) is 4.79 Å². The largest absolute Gasteiger partial charge is 0.358 e. The summed E-state index contributed by atoms with van der Waals surface area (Å²) in [6, 6.07) is 2.78. The first-order valence-corrected chi connectivity index (χ1v) is 6.61. The van der Waals surface area contributed by atoms with Crippen LogP contribution in [0.5, 0.6) is 0 Å². The molecule has 0 aliphatic rings. The zero-order valence-electron chi connectivity index (χ0n) is 10.4. The van der Waals surface area contributed by atoms with E-state index in [1.165, 1.54) is 23.7 Å². The Morgan fingerprint density at radius 3 is 2.78 bits per heavy atom. The molecule has 0 aromatic carbocycles. The summed E-state index contributed by atoms with van der Waals surface area (Å²) >= 11 is 3.46. The normalized spacial score (nSPS) is 12.2. The molecule has 7 heteroatoms. The number of amides is 1. The van der Waals surface area contributed by atoms with E-state index in [1.807, 2.05) is 0 Å². The first-order chi connectivity index (χ1) is 8.47. The molecule has 1 aromatic heterocycles. The SMILES string of the molecule is CCCC(Br)CNC(=O)c1ccc([N+](=O)[O-])n1C. The maximum atomic E-state index is 11.8. The number of nitrogens with zero attached hydrogens (tertiary/aromatic N) is 2. The summed E-state index contributed by atoms with van der Waals surface area (Å²) in [5.74, 6) is -0.393. The van der Waals surface area contributed by atoms with E-state index in [0.29, 0.717) is 6.54 Å². The Bertz CT molecular complexity index is 445. The number of nitro groups is 1. The Labute approximate surface area is 114 Å². The topological polar surface area (TPSA) is 77.2 Å². The van der Waals surface area contributed by atoms with Gasteiger partial charge in [-0.25, -0.2) is 4.57 Å². The van der Waals surface area contributed by atoms with E-state index in [0.717, 1.165) is 12.8 Å². The van der Waals surface area contributed by atoms with Gasteiger partial charge in [-0.1, -0.05) is 29.3 Å². The molecule has 0 fully saturated rings. The van der Waals surface area contributed by atoms with Crippen LogP contribution in [0.2, 0.25) is 0 Å². The molecule has 0 spiro atoms. The number of carbonyl (C=O) groups is 1. The molecule has 0 radical (unpaired) electrons. The van der Waals surface area contributed by atoms with Gasteiger partial charge in [-0.05, 0) is 17.4 Å². The highest BCUT2D eigenvalue weighted by Gasteiger charge is 2.20. The van der Waals surface area contributed by atoms with E-state index in [9.17, 15) is 14.9 Å². The van der Waals surface area contributed by atoms with Gasteiger partial charge >= 0.3 is 5.82 Å². The molecule has 1 heterocycles. The molecule has 0 aliphatic carbocycles. The minimum Gasteiger partial charge on any atom is -0.358 e. The van der Waals surface area contributed by atoms with E-state index in [-0.39, 0.29) is 22.2 Å². The van der Waals surface area contributed by atoms with Crippen molar-refractivity contribution < 1.29 is 9.72 Å². The lowest BCUT2D eigenvalue weighted by Crippen LogP contribution is -2.30. The van der Waals surface area contributed by atoms with Gasteiger partial charge in [0.2, 0.25) is 0 Å². The van der Waals surface area contributed by atoms with Crippen LogP contribution in [-0.4, -0.2) is 26.8 Å². The van der Waals surface area contributed by atoms with Gasteiger partial charge < -0.3 is 15.4 Å². The Hall–Kier alpha value is -1.37. The lowest BCUT2D eigenvalue weighted by Gasteiger charge is -2.09. The second-order valence-corrected chi connectivity index (χ2v) is 5.28. The minimum atomic E-state index is -0.513. The lowest BCUT2D eigenvalue weighted by atomic mass is 10.2. The van der Waals surface area contributed by atoms with Crippen molar-refractivity contribution >= 4 is 27.7 Å². The Morgan fingerprint density at radius 2 is 2.28 bits per heavy atom. The maximum Gasteiger partial charge on any atom is 0.323 e. The monoisotopic (exact) mass is 317 g/mol. The fourth-order valence-electron chi connectivity index (χ4n) is 1.62. The molecule has 100 valence electrons. The summed E-state index contributed by atoms with van der Waals surface area (Å²) in [4.78, 5) is 22.2. The first-order valence-electron chi connectivity index (χ1n) is 5.69. The standard InChI is InChI=1S/C11H16BrN3O3/c1-3-4-8(12)7-13-11(16)9-5-6-10(14(9)2)15(17)18/h5-6,8H,3-4,7H2,1-2H3,(H,13,16). The average molecular weight is 318 g/mol. The molecule has 1 rings (SSSR count). The second-order valence-electron chi connectivity index (χ2n) is 3.99. The van der Waals surface area contributed by atoms with Crippen LogP contribution < -0.4 is 5.32 Å². The van der Waals surface area contributed by atoms with Gasteiger partial charge in [-0.2, -0.15) is 0 Å². The molecule has 0 saturated carbocycles. The van der Waals surface area contributed by atoms with Crippen molar-refractivity contribution in [1.82, 2.24) is 9.88 Å². The van der Waals surface area contributed by atoms with Gasteiger partial charge in [0.1, 0.15) is 0 Å². The van der Waals surface area contributed by atoms with Gasteiger partial charge in [0.15, 0.2) is 5.69 Å². The van der Waals surface area contributed by atoms with Crippen LogP contribution in [0.3, 0.4) is 0 Å². The van der Waals surface area contributed by atoms with Gasteiger partial charge in [0.25, 0.3) is 5.91 Å². The van der Waals surface area contributed by atoms with Crippen LogP contribution in [0, 0.1) is 10.1 Å². The molecule has 1 unspecified atom stereocenters. The number of aromatic nitrogens is 1. The number of nitrogens with one attached hydrogen (secondary N) is 1. The van der Waals surface area contributed by atoms with E-state index < -0.39 is 4.92 Å². The number of carbonyl (C=O) groups excluding carboxylic acids is 1. The molecule has 1 atom stereocenters. The highest BCUT2D eigenvalue weighted by atomic mass is 79.9. The van der Waals surface area contributed by atoms with Crippen LogP contribution in [0.1, 0.15) is 30.3 Å². The molecule has 0 saturated heterocycles. The van der Waals surface area contributed by atoms with Crippen molar-refractivity contribution in [3.8, 4) is 0 Å².